The molecule has 1 aromatic rings. The first kappa shape index (κ1) is 7.94. The van der Waals surface area contributed by atoms with E-state index < -0.39 is 4.92 Å². The van der Waals surface area contributed by atoms with E-state index in [1.54, 1.807) is 6.92 Å². The van der Waals surface area contributed by atoms with Gasteiger partial charge in [-0.25, -0.2) is 0 Å². The van der Waals surface area contributed by atoms with Gasteiger partial charge in [-0.3, -0.25) is 15.1 Å². The maximum absolute atomic E-state index is 10.3. The molecule has 0 aliphatic rings. The Labute approximate surface area is 68.0 Å². The van der Waals surface area contributed by atoms with Gasteiger partial charge in [0.15, 0.2) is 0 Å². The lowest BCUT2D eigenvalue weighted by molar-refractivity contribution is -0.385. The van der Waals surface area contributed by atoms with Gasteiger partial charge in [0.25, 0.3) is 5.69 Å². The summed E-state index contributed by atoms with van der Waals surface area (Å²) in [4.78, 5) is 13.5. The van der Waals surface area contributed by atoms with E-state index in [9.17, 15) is 10.1 Å². The Morgan fingerprint density at radius 2 is 2.27 bits per heavy atom. The van der Waals surface area contributed by atoms with Gasteiger partial charge in [0.1, 0.15) is 5.02 Å². The van der Waals surface area contributed by atoms with Gasteiger partial charge < -0.3 is 0 Å². The van der Waals surface area contributed by atoms with E-state index in [4.69, 9.17) is 11.6 Å². The predicted molar refractivity (Wildman–Crippen MR) is 40.6 cm³/mol. The van der Waals surface area contributed by atoms with Crippen molar-refractivity contribution in [1.82, 2.24) is 4.98 Å². The average molecular weight is 173 g/mol. The Hall–Kier alpha value is -1.16. The van der Waals surface area contributed by atoms with Gasteiger partial charge in [-0.1, -0.05) is 11.6 Å². The molecule has 4 nitrogen and oxygen atoms in total. The molecule has 0 aliphatic carbocycles. The number of hydrogen-bond acceptors (Lipinski definition) is 3. The molecule has 0 saturated heterocycles. The highest BCUT2D eigenvalue weighted by Crippen LogP contribution is 2.25. The molecule has 0 aliphatic heterocycles. The second-order valence-corrected chi connectivity index (χ2v) is 2.45. The molecule has 1 rings (SSSR count). The highest BCUT2D eigenvalue weighted by atomic mass is 35.5. The van der Waals surface area contributed by atoms with Crippen LogP contribution < -0.4 is 0 Å². The maximum atomic E-state index is 10.3. The van der Waals surface area contributed by atoms with E-state index >= 15 is 0 Å². The van der Waals surface area contributed by atoms with E-state index in [1.807, 2.05) is 0 Å². The molecule has 5 heteroatoms. The highest BCUT2D eigenvalue weighted by molar-refractivity contribution is 6.32. The van der Waals surface area contributed by atoms with Crippen LogP contribution in [0.2, 0.25) is 5.02 Å². The van der Waals surface area contributed by atoms with Crippen LogP contribution in [-0.4, -0.2) is 9.91 Å². The quantitative estimate of drug-likeness (QED) is 0.481. The van der Waals surface area contributed by atoms with Crippen molar-refractivity contribution in [1.29, 1.82) is 0 Å². The zero-order valence-corrected chi connectivity index (χ0v) is 6.50. The second-order valence-electron chi connectivity index (χ2n) is 2.04. The topological polar surface area (TPSA) is 56.0 Å². The predicted octanol–water partition coefficient (Wildman–Crippen LogP) is 1.95. The molecule has 0 bridgehead atoms. The summed E-state index contributed by atoms with van der Waals surface area (Å²) in [6, 6.07) is 0. The molecule has 0 amide bonds. The number of rotatable bonds is 1. The fraction of sp³-hybridized carbons (Fsp3) is 0.167. The number of aryl methyl sites for hydroxylation is 1. The van der Waals surface area contributed by atoms with Crippen molar-refractivity contribution in [2.24, 2.45) is 0 Å². The van der Waals surface area contributed by atoms with Crippen LogP contribution in [0.15, 0.2) is 12.4 Å². The summed E-state index contributed by atoms with van der Waals surface area (Å²) in [5.74, 6) is 0. The minimum absolute atomic E-state index is 0.0679. The Bertz CT molecular complexity index is 280. The van der Waals surface area contributed by atoms with Gasteiger partial charge in [-0.05, 0) is 6.92 Å². The summed E-state index contributed by atoms with van der Waals surface area (Å²) in [7, 11) is 0. The number of pyridine rings is 1. The molecule has 0 aromatic carbocycles. The zero-order chi connectivity index (χ0) is 8.43. The molecule has 0 radical (unpaired) electrons. The fourth-order valence-corrected chi connectivity index (χ4v) is 1.03. The fourth-order valence-electron chi connectivity index (χ4n) is 0.756. The summed E-state index contributed by atoms with van der Waals surface area (Å²) in [5.41, 5.74) is 0.407. The molecule has 1 heterocycles. The third kappa shape index (κ3) is 1.46. The van der Waals surface area contributed by atoms with E-state index in [1.165, 1.54) is 12.4 Å². The van der Waals surface area contributed by atoms with Crippen LogP contribution in [0, 0.1) is 17.0 Å². The molecule has 11 heavy (non-hydrogen) atoms. The van der Waals surface area contributed by atoms with Crippen molar-refractivity contribution in [2.45, 2.75) is 6.92 Å². The molecular formula is C6H5ClN2O2. The number of aromatic nitrogens is 1. The van der Waals surface area contributed by atoms with Crippen LogP contribution in [0.3, 0.4) is 0 Å². The van der Waals surface area contributed by atoms with Gasteiger partial charge in [0, 0.05) is 11.8 Å². The average Bonchev–Trinajstić information content (AvgIpc) is 1.85. The summed E-state index contributed by atoms with van der Waals surface area (Å²) < 4.78 is 0. The Morgan fingerprint density at radius 1 is 1.64 bits per heavy atom. The molecule has 0 spiro atoms. The SMILES string of the molecule is Cc1cncc(Cl)c1[N+](=O)[O-]. The Kier molecular flexibility index (Phi) is 2.05. The van der Waals surface area contributed by atoms with Crippen molar-refractivity contribution >= 4 is 17.3 Å². The molecule has 58 valence electrons. The van der Waals surface area contributed by atoms with Crippen LogP contribution in [0.25, 0.3) is 0 Å². The summed E-state index contributed by atoms with van der Waals surface area (Å²) >= 11 is 5.52. The molecule has 0 saturated carbocycles. The van der Waals surface area contributed by atoms with Gasteiger partial charge in [-0.2, -0.15) is 0 Å². The molecule has 0 atom stereocenters. The van der Waals surface area contributed by atoms with Gasteiger partial charge in [-0.15, -0.1) is 0 Å². The van der Waals surface area contributed by atoms with E-state index in [0.717, 1.165) is 0 Å². The minimum atomic E-state index is -0.515. The van der Waals surface area contributed by atoms with Crippen LogP contribution in [-0.2, 0) is 0 Å². The van der Waals surface area contributed by atoms with Crippen LogP contribution in [0.4, 0.5) is 5.69 Å². The Balaban J connectivity index is 3.32. The van der Waals surface area contributed by atoms with Crippen molar-refractivity contribution in [3.8, 4) is 0 Å². The highest BCUT2D eigenvalue weighted by Gasteiger charge is 2.14. The van der Waals surface area contributed by atoms with Gasteiger partial charge in [0.2, 0.25) is 0 Å². The summed E-state index contributed by atoms with van der Waals surface area (Å²) in [6.07, 6.45) is 2.66. The van der Waals surface area contributed by atoms with E-state index in [2.05, 4.69) is 4.98 Å². The number of halogens is 1. The maximum Gasteiger partial charge on any atom is 0.293 e. The van der Waals surface area contributed by atoms with Crippen LogP contribution in [0.5, 0.6) is 0 Å². The number of nitro groups is 1. The van der Waals surface area contributed by atoms with Crippen LogP contribution in [0.1, 0.15) is 5.56 Å². The molecule has 0 fully saturated rings. The second kappa shape index (κ2) is 2.84. The van der Waals surface area contributed by atoms with Crippen molar-refractivity contribution < 1.29 is 4.92 Å². The first-order valence-electron chi connectivity index (χ1n) is 2.87. The summed E-state index contributed by atoms with van der Waals surface area (Å²) in [5, 5.41) is 10.4. The van der Waals surface area contributed by atoms with Crippen molar-refractivity contribution in [2.75, 3.05) is 0 Å². The monoisotopic (exact) mass is 172 g/mol. The van der Waals surface area contributed by atoms with Crippen molar-refractivity contribution in [3.63, 3.8) is 0 Å². The first-order chi connectivity index (χ1) is 5.13. The van der Waals surface area contributed by atoms with Gasteiger partial charge in [0.05, 0.1) is 11.1 Å². The third-order valence-electron chi connectivity index (χ3n) is 1.24. The normalized spacial score (nSPS) is 9.64. The third-order valence-corrected chi connectivity index (χ3v) is 1.51. The largest absolute Gasteiger partial charge is 0.293 e. The summed E-state index contributed by atoms with van der Waals surface area (Å²) in [6.45, 7) is 1.59. The Morgan fingerprint density at radius 3 is 2.64 bits per heavy atom. The first-order valence-corrected chi connectivity index (χ1v) is 3.25. The zero-order valence-electron chi connectivity index (χ0n) is 5.74. The minimum Gasteiger partial charge on any atom is -0.262 e. The number of hydrogen-bond donors (Lipinski definition) is 0. The molecular weight excluding hydrogens is 168 g/mol. The molecule has 0 unspecified atom stereocenters. The van der Waals surface area contributed by atoms with E-state index in [0.29, 0.717) is 5.56 Å². The van der Waals surface area contributed by atoms with Crippen LogP contribution >= 0.6 is 11.6 Å². The lowest BCUT2D eigenvalue weighted by Crippen LogP contribution is -1.93. The number of nitrogens with zero attached hydrogens (tertiary/aromatic N) is 2. The van der Waals surface area contributed by atoms with Crippen molar-refractivity contribution in [3.05, 3.63) is 33.1 Å². The molecule has 1 aromatic heterocycles. The van der Waals surface area contributed by atoms with E-state index in [-0.39, 0.29) is 10.7 Å². The lowest BCUT2D eigenvalue weighted by atomic mass is 10.3. The standard InChI is InChI=1S/C6H5ClN2O2/c1-4-2-8-3-5(7)6(4)9(10)11/h2-3H,1H3. The molecule has 0 N–H and O–H groups in total. The smallest absolute Gasteiger partial charge is 0.262 e. The van der Waals surface area contributed by atoms with Gasteiger partial charge >= 0.3 is 0 Å². The lowest BCUT2D eigenvalue weighted by Gasteiger charge is -1.96.